The molecule has 0 radical (unpaired) electrons. The summed E-state index contributed by atoms with van der Waals surface area (Å²) in [5.41, 5.74) is 3.66. The third kappa shape index (κ3) is 4.07. The van der Waals surface area contributed by atoms with E-state index in [1.807, 2.05) is 55.5 Å². The fraction of sp³-hybridized carbons (Fsp3) is 0.154. The second kappa shape index (κ2) is 8.98. The van der Waals surface area contributed by atoms with Gasteiger partial charge in [-0.05, 0) is 47.9 Å². The Hall–Kier alpha value is -4.06. The Labute approximate surface area is 187 Å². The van der Waals surface area contributed by atoms with Gasteiger partial charge < -0.3 is 14.8 Å². The van der Waals surface area contributed by atoms with Crippen molar-refractivity contribution in [2.45, 2.75) is 13.5 Å². The molecule has 2 amide bonds. The van der Waals surface area contributed by atoms with E-state index in [1.165, 1.54) is 4.90 Å². The highest BCUT2D eigenvalue weighted by Gasteiger charge is 2.39. The summed E-state index contributed by atoms with van der Waals surface area (Å²) in [6, 6.07) is 22.2. The van der Waals surface area contributed by atoms with E-state index in [-0.39, 0.29) is 24.1 Å². The van der Waals surface area contributed by atoms with Crippen LogP contribution in [0.25, 0.3) is 5.57 Å². The summed E-state index contributed by atoms with van der Waals surface area (Å²) in [7, 11) is 3.15. The van der Waals surface area contributed by atoms with Crippen LogP contribution in [0, 0.1) is 6.92 Å². The van der Waals surface area contributed by atoms with Crippen LogP contribution in [0.3, 0.4) is 0 Å². The lowest BCUT2D eigenvalue weighted by Gasteiger charge is -2.16. The van der Waals surface area contributed by atoms with Crippen molar-refractivity contribution in [3.8, 4) is 11.5 Å². The average molecular weight is 428 g/mol. The first kappa shape index (κ1) is 21.2. The zero-order valence-corrected chi connectivity index (χ0v) is 18.2. The van der Waals surface area contributed by atoms with E-state index in [0.29, 0.717) is 28.3 Å². The van der Waals surface area contributed by atoms with E-state index >= 15 is 0 Å². The van der Waals surface area contributed by atoms with Crippen LogP contribution >= 0.6 is 0 Å². The molecule has 0 saturated carbocycles. The fourth-order valence-electron chi connectivity index (χ4n) is 3.68. The Bertz CT molecular complexity index is 1180. The summed E-state index contributed by atoms with van der Waals surface area (Å²) in [5.74, 6) is 0.521. The minimum atomic E-state index is -0.381. The molecule has 32 heavy (non-hydrogen) atoms. The number of rotatable bonds is 7. The molecule has 1 heterocycles. The molecule has 1 N–H and O–H groups in total. The van der Waals surface area contributed by atoms with Crippen LogP contribution in [0.15, 0.2) is 78.5 Å². The van der Waals surface area contributed by atoms with Crippen LogP contribution in [0.2, 0.25) is 0 Å². The smallest absolute Gasteiger partial charge is 0.278 e. The number of methoxy groups -OCH3 is 2. The molecule has 6 heteroatoms. The van der Waals surface area contributed by atoms with Crippen molar-refractivity contribution < 1.29 is 19.1 Å². The number of nitrogens with one attached hydrogen (secondary N) is 1. The minimum absolute atomic E-state index is 0.189. The highest BCUT2D eigenvalue weighted by Crippen LogP contribution is 2.35. The van der Waals surface area contributed by atoms with Gasteiger partial charge in [-0.2, -0.15) is 0 Å². The minimum Gasteiger partial charge on any atom is -0.497 e. The maximum Gasteiger partial charge on any atom is 0.278 e. The Morgan fingerprint density at radius 2 is 1.56 bits per heavy atom. The topological polar surface area (TPSA) is 67.9 Å². The summed E-state index contributed by atoms with van der Waals surface area (Å²) in [5, 5.41) is 3.19. The number of ether oxygens (including phenoxy) is 2. The maximum atomic E-state index is 13.4. The molecule has 0 aliphatic carbocycles. The highest BCUT2D eigenvalue weighted by molar-refractivity contribution is 6.36. The molecule has 0 atom stereocenters. The summed E-state index contributed by atoms with van der Waals surface area (Å²) in [6.07, 6.45) is 0. The van der Waals surface area contributed by atoms with Gasteiger partial charge in [-0.15, -0.1) is 0 Å². The van der Waals surface area contributed by atoms with E-state index in [1.54, 1.807) is 38.5 Å². The molecule has 1 aliphatic rings. The number of hydrogen-bond donors (Lipinski definition) is 1. The quantitative estimate of drug-likeness (QED) is 0.565. The number of carbonyl (C=O) groups excluding carboxylic acids is 2. The molecule has 0 saturated heterocycles. The van der Waals surface area contributed by atoms with Crippen molar-refractivity contribution in [3.05, 3.63) is 95.2 Å². The van der Waals surface area contributed by atoms with Gasteiger partial charge in [0.05, 0.1) is 32.0 Å². The lowest BCUT2D eigenvalue weighted by molar-refractivity contribution is -0.137. The zero-order chi connectivity index (χ0) is 22.7. The molecule has 162 valence electrons. The van der Waals surface area contributed by atoms with Crippen LogP contribution in [0.5, 0.6) is 11.5 Å². The highest BCUT2D eigenvalue weighted by atomic mass is 16.5. The molecule has 6 nitrogen and oxygen atoms in total. The molecule has 0 fully saturated rings. The number of carbonyl (C=O) groups is 2. The lowest BCUT2D eigenvalue weighted by atomic mass is 10.0. The number of hydrogen-bond acceptors (Lipinski definition) is 5. The molecule has 0 spiro atoms. The van der Waals surface area contributed by atoms with Crippen molar-refractivity contribution in [1.29, 1.82) is 0 Å². The Kier molecular flexibility index (Phi) is 5.94. The normalized spacial score (nSPS) is 13.5. The van der Waals surface area contributed by atoms with Crippen molar-refractivity contribution in [1.82, 2.24) is 4.90 Å². The van der Waals surface area contributed by atoms with Crippen molar-refractivity contribution in [3.63, 3.8) is 0 Å². The van der Waals surface area contributed by atoms with Gasteiger partial charge in [0.15, 0.2) is 0 Å². The third-order valence-electron chi connectivity index (χ3n) is 5.34. The van der Waals surface area contributed by atoms with Gasteiger partial charge in [-0.25, -0.2) is 0 Å². The maximum absolute atomic E-state index is 13.4. The van der Waals surface area contributed by atoms with Gasteiger partial charge in [0.2, 0.25) is 0 Å². The Morgan fingerprint density at radius 1 is 0.844 bits per heavy atom. The molecular weight excluding hydrogens is 404 g/mol. The zero-order valence-electron chi connectivity index (χ0n) is 18.2. The Morgan fingerprint density at radius 3 is 2.22 bits per heavy atom. The SMILES string of the molecule is COc1ccc(C2=C(Nc3cc(C)ccc3OC)C(=O)N(Cc3ccccc3)C2=O)cc1. The number of aryl methyl sites for hydroxylation is 1. The molecule has 3 aromatic rings. The van der Waals surface area contributed by atoms with Gasteiger partial charge in [0.1, 0.15) is 17.2 Å². The lowest BCUT2D eigenvalue weighted by Crippen LogP contribution is -2.32. The molecule has 0 unspecified atom stereocenters. The molecule has 0 aromatic heterocycles. The van der Waals surface area contributed by atoms with Crippen LogP contribution in [-0.4, -0.2) is 30.9 Å². The summed E-state index contributed by atoms with van der Waals surface area (Å²) in [6.45, 7) is 2.14. The monoisotopic (exact) mass is 428 g/mol. The van der Waals surface area contributed by atoms with Gasteiger partial charge in [-0.1, -0.05) is 48.5 Å². The largest absolute Gasteiger partial charge is 0.497 e. The van der Waals surface area contributed by atoms with Crippen molar-refractivity contribution in [2.24, 2.45) is 0 Å². The van der Waals surface area contributed by atoms with E-state index in [0.717, 1.165) is 11.1 Å². The van der Waals surface area contributed by atoms with Gasteiger partial charge >= 0.3 is 0 Å². The summed E-state index contributed by atoms with van der Waals surface area (Å²) < 4.78 is 10.7. The molecule has 0 bridgehead atoms. The van der Waals surface area contributed by atoms with E-state index in [4.69, 9.17) is 9.47 Å². The van der Waals surface area contributed by atoms with Crippen molar-refractivity contribution in [2.75, 3.05) is 19.5 Å². The van der Waals surface area contributed by atoms with Crippen LogP contribution in [0.4, 0.5) is 5.69 Å². The van der Waals surface area contributed by atoms with Crippen LogP contribution < -0.4 is 14.8 Å². The van der Waals surface area contributed by atoms with Gasteiger partial charge in [0.25, 0.3) is 11.8 Å². The van der Waals surface area contributed by atoms with Crippen LogP contribution in [0.1, 0.15) is 16.7 Å². The van der Waals surface area contributed by atoms with E-state index in [9.17, 15) is 9.59 Å². The fourth-order valence-corrected chi connectivity index (χ4v) is 3.68. The molecule has 4 rings (SSSR count). The Balaban J connectivity index is 1.78. The number of imide groups is 1. The molecule has 3 aromatic carbocycles. The predicted octanol–water partition coefficient (Wildman–Crippen LogP) is 4.40. The van der Waals surface area contributed by atoms with Crippen LogP contribution in [-0.2, 0) is 16.1 Å². The van der Waals surface area contributed by atoms with Crippen molar-refractivity contribution >= 4 is 23.1 Å². The van der Waals surface area contributed by atoms with Gasteiger partial charge in [0, 0.05) is 0 Å². The third-order valence-corrected chi connectivity index (χ3v) is 5.34. The second-order valence-corrected chi connectivity index (χ2v) is 7.49. The number of nitrogens with zero attached hydrogens (tertiary/aromatic N) is 1. The van der Waals surface area contributed by atoms with E-state index < -0.39 is 0 Å². The summed E-state index contributed by atoms with van der Waals surface area (Å²) in [4.78, 5) is 28.1. The first-order valence-electron chi connectivity index (χ1n) is 10.2. The van der Waals surface area contributed by atoms with Gasteiger partial charge in [-0.3, -0.25) is 14.5 Å². The number of benzene rings is 3. The molecule has 1 aliphatic heterocycles. The number of amides is 2. The predicted molar refractivity (Wildman–Crippen MR) is 123 cm³/mol. The molecular formula is C26H24N2O4. The summed E-state index contributed by atoms with van der Waals surface area (Å²) >= 11 is 0. The first-order chi connectivity index (χ1) is 15.5. The first-order valence-corrected chi connectivity index (χ1v) is 10.2. The number of anilines is 1. The second-order valence-electron chi connectivity index (χ2n) is 7.49. The average Bonchev–Trinajstić information content (AvgIpc) is 3.04. The van der Waals surface area contributed by atoms with E-state index in [2.05, 4.69) is 5.32 Å². The standard InChI is InChI=1S/C26H24N2O4/c1-17-9-14-22(32-3)21(15-17)27-24-23(19-10-12-20(31-2)13-11-19)25(29)28(26(24)30)16-18-7-5-4-6-8-18/h4-15,27H,16H2,1-3H3.